The van der Waals surface area contributed by atoms with E-state index < -0.39 is 0 Å². The van der Waals surface area contributed by atoms with Gasteiger partial charge >= 0.3 is 0 Å². The van der Waals surface area contributed by atoms with Crippen molar-refractivity contribution in [3.8, 4) is 11.1 Å². The van der Waals surface area contributed by atoms with E-state index in [0.29, 0.717) is 18.5 Å². The number of hydrogen-bond donors (Lipinski definition) is 2. The number of benzene rings is 1. The Morgan fingerprint density at radius 1 is 1.22 bits per heavy atom. The minimum atomic E-state index is -0.387. The Bertz CT molecular complexity index is 660. The fourth-order valence-corrected chi connectivity index (χ4v) is 3.15. The SMILES string of the molecule is CCCCc1c(-c2ccccc2)c(C(N)=O)c(C)n1CCCO. The predicted molar refractivity (Wildman–Crippen MR) is 93.4 cm³/mol. The highest BCUT2D eigenvalue weighted by Gasteiger charge is 2.24. The van der Waals surface area contributed by atoms with Crippen LogP contribution in [0.4, 0.5) is 0 Å². The van der Waals surface area contributed by atoms with Crippen molar-refractivity contribution in [2.45, 2.75) is 46.1 Å². The van der Waals surface area contributed by atoms with Crippen LogP contribution in [0.2, 0.25) is 0 Å². The third kappa shape index (κ3) is 3.64. The van der Waals surface area contributed by atoms with Gasteiger partial charge in [0.1, 0.15) is 0 Å². The number of hydrogen-bond acceptors (Lipinski definition) is 2. The second-order valence-corrected chi connectivity index (χ2v) is 5.84. The van der Waals surface area contributed by atoms with Crippen LogP contribution in [0.5, 0.6) is 0 Å². The molecule has 0 aliphatic rings. The van der Waals surface area contributed by atoms with E-state index in [9.17, 15) is 9.90 Å². The van der Waals surface area contributed by atoms with E-state index >= 15 is 0 Å². The molecule has 1 amide bonds. The number of aliphatic hydroxyl groups excluding tert-OH is 1. The van der Waals surface area contributed by atoms with Crippen LogP contribution in [0.1, 0.15) is 47.9 Å². The number of carbonyl (C=O) groups excluding carboxylic acids is 1. The molecule has 1 aromatic heterocycles. The lowest BCUT2D eigenvalue weighted by molar-refractivity contribution is 0.1000. The zero-order valence-electron chi connectivity index (χ0n) is 14.0. The maximum Gasteiger partial charge on any atom is 0.251 e. The van der Waals surface area contributed by atoms with E-state index in [4.69, 9.17) is 5.73 Å². The van der Waals surface area contributed by atoms with Gasteiger partial charge in [0.05, 0.1) is 5.56 Å². The van der Waals surface area contributed by atoms with Crippen molar-refractivity contribution in [1.29, 1.82) is 0 Å². The fraction of sp³-hybridized carbons (Fsp3) is 0.421. The predicted octanol–water partition coefficient (Wildman–Crippen LogP) is 3.29. The van der Waals surface area contributed by atoms with Crippen LogP contribution in [0, 0.1) is 6.92 Å². The maximum atomic E-state index is 12.1. The third-order valence-electron chi connectivity index (χ3n) is 4.25. The molecule has 2 aromatic rings. The molecule has 0 saturated heterocycles. The van der Waals surface area contributed by atoms with Crippen LogP contribution in [0.15, 0.2) is 30.3 Å². The standard InChI is InChI=1S/C19H26N2O2/c1-3-4-11-16-18(15-9-6-5-7-10-15)17(19(20)23)14(2)21(16)12-8-13-22/h5-7,9-10,22H,3-4,8,11-13H2,1-2H3,(H2,20,23). The van der Waals surface area contributed by atoms with Gasteiger partial charge in [0.25, 0.3) is 5.91 Å². The normalized spacial score (nSPS) is 10.9. The highest BCUT2D eigenvalue weighted by atomic mass is 16.3. The van der Waals surface area contributed by atoms with Gasteiger partial charge in [-0.25, -0.2) is 0 Å². The lowest BCUT2D eigenvalue weighted by Crippen LogP contribution is -2.13. The Morgan fingerprint density at radius 2 is 1.91 bits per heavy atom. The van der Waals surface area contributed by atoms with Crippen LogP contribution in [-0.2, 0) is 13.0 Å². The van der Waals surface area contributed by atoms with E-state index in [0.717, 1.165) is 41.8 Å². The van der Waals surface area contributed by atoms with Gasteiger partial charge in [0.2, 0.25) is 0 Å². The highest BCUT2D eigenvalue weighted by Crippen LogP contribution is 2.33. The van der Waals surface area contributed by atoms with Gasteiger partial charge < -0.3 is 15.4 Å². The number of nitrogens with two attached hydrogens (primary N) is 1. The Kier molecular flexibility index (Phi) is 5.99. The highest BCUT2D eigenvalue weighted by molar-refractivity contribution is 6.02. The van der Waals surface area contributed by atoms with Crippen molar-refractivity contribution in [1.82, 2.24) is 4.57 Å². The van der Waals surface area contributed by atoms with Gasteiger partial charge in [0, 0.05) is 30.1 Å². The van der Waals surface area contributed by atoms with Gasteiger partial charge in [-0.05, 0) is 31.7 Å². The van der Waals surface area contributed by atoms with Crippen molar-refractivity contribution in [2.24, 2.45) is 5.73 Å². The van der Waals surface area contributed by atoms with Crippen molar-refractivity contribution < 1.29 is 9.90 Å². The first-order chi connectivity index (χ1) is 11.1. The number of unbranched alkanes of at least 4 members (excludes halogenated alkanes) is 1. The summed E-state index contributed by atoms with van der Waals surface area (Å²) < 4.78 is 2.16. The van der Waals surface area contributed by atoms with Gasteiger partial charge in [-0.1, -0.05) is 43.7 Å². The molecule has 0 fully saturated rings. The number of carbonyl (C=O) groups is 1. The van der Waals surface area contributed by atoms with E-state index in [1.807, 2.05) is 37.3 Å². The van der Waals surface area contributed by atoms with Crippen LogP contribution in [-0.4, -0.2) is 22.2 Å². The van der Waals surface area contributed by atoms with Crippen LogP contribution < -0.4 is 5.73 Å². The zero-order chi connectivity index (χ0) is 16.8. The van der Waals surface area contributed by atoms with E-state index in [-0.39, 0.29) is 12.5 Å². The lowest BCUT2D eigenvalue weighted by atomic mass is 9.98. The van der Waals surface area contributed by atoms with Gasteiger partial charge in [0.15, 0.2) is 0 Å². The minimum absolute atomic E-state index is 0.136. The van der Waals surface area contributed by atoms with Crippen molar-refractivity contribution in [3.05, 3.63) is 47.3 Å². The van der Waals surface area contributed by atoms with Gasteiger partial charge in [-0.3, -0.25) is 4.79 Å². The second kappa shape index (κ2) is 7.97. The molecular formula is C19H26N2O2. The number of amides is 1. The molecule has 1 heterocycles. The van der Waals surface area contributed by atoms with Gasteiger partial charge in [-0.2, -0.15) is 0 Å². The number of primary amides is 1. The summed E-state index contributed by atoms with van der Waals surface area (Å²) in [6.07, 6.45) is 3.71. The molecule has 0 spiro atoms. The number of aromatic nitrogens is 1. The molecule has 0 bridgehead atoms. The third-order valence-corrected chi connectivity index (χ3v) is 4.25. The second-order valence-electron chi connectivity index (χ2n) is 5.84. The molecule has 0 aliphatic carbocycles. The minimum Gasteiger partial charge on any atom is -0.396 e. The number of aliphatic hydroxyl groups is 1. The smallest absolute Gasteiger partial charge is 0.251 e. The topological polar surface area (TPSA) is 68.2 Å². The molecule has 3 N–H and O–H groups in total. The molecule has 0 saturated carbocycles. The van der Waals surface area contributed by atoms with E-state index in [1.165, 1.54) is 0 Å². The summed E-state index contributed by atoms with van der Waals surface area (Å²) in [7, 11) is 0. The first-order valence-corrected chi connectivity index (χ1v) is 8.29. The van der Waals surface area contributed by atoms with Crippen molar-refractivity contribution >= 4 is 5.91 Å². The monoisotopic (exact) mass is 314 g/mol. The van der Waals surface area contributed by atoms with Crippen molar-refractivity contribution in [2.75, 3.05) is 6.61 Å². The average molecular weight is 314 g/mol. The molecule has 4 nitrogen and oxygen atoms in total. The Hall–Kier alpha value is -2.07. The van der Waals surface area contributed by atoms with E-state index in [2.05, 4.69) is 11.5 Å². The molecule has 2 rings (SSSR count). The summed E-state index contributed by atoms with van der Waals surface area (Å²) in [6, 6.07) is 9.96. The van der Waals surface area contributed by atoms with Crippen LogP contribution in [0.3, 0.4) is 0 Å². The Balaban J connectivity index is 2.66. The first kappa shape index (κ1) is 17.3. The first-order valence-electron chi connectivity index (χ1n) is 8.29. The van der Waals surface area contributed by atoms with Crippen LogP contribution >= 0.6 is 0 Å². The fourth-order valence-electron chi connectivity index (χ4n) is 3.15. The average Bonchev–Trinajstić information content (AvgIpc) is 2.83. The van der Waals surface area contributed by atoms with Crippen LogP contribution in [0.25, 0.3) is 11.1 Å². The summed E-state index contributed by atoms with van der Waals surface area (Å²) in [5.74, 6) is -0.387. The molecule has 4 heteroatoms. The molecule has 0 radical (unpaired) electrons. The van der Waals surface area contributed by atoms with Crippen molar-refractivity contribution in [3.63, 3.8) is 0 Å². The number of rotatable bonds is 8. The maximum absolute atomic E-state index is 12.1. The van der Waals surface area contributed by atoms with Gasteiger partial charge in [-0.15, -0.1) is 0 Å². The molecule has 1 aromatic carbocycles. The molecule has 0 atom stereocenters. The van der Waals surface area contributed by atoms with E-state index in [1.54, 1.807) is 0 Å². The molecule has 23 heavy (non-hydrogen) atoms. The summed E-state index contributed by atoms with van der Waals surface area (Å²) in [5, 5.41) is 9.18. The Morgan fingerprint density at radius 3 is 2.48 bits per heavy atom. The summed E-state index contributed by atoms with van der Waals surface area (Å²) in [6.45, 7) is 4.94. The zero-order valence-corrected chi connectivity index (χ0v) is 14.0. The molecule has 0 aliphatic heterocycles. The summed E-state index contributed by atoms with van der Waals surface area (Å²) in [4.78, 5) is 12.1. The quantitative estimate of drug-likeness (QED) is 0.785. The molecule has 0 unspecified atom stereocenters. The Labute approximate surface area is 137 Å². The molecule has 124 valence electrons. The summed E-state index contributed by atoms with van der Waals surface area (Å²) >= 11 is 0. The lowest BCUT2D eigenvalue weighted by Gasteiger charge is -2.12. The largest absolute Gasteiger partial charge is 0.396 e. The number of nitrogens with zero attached hydrogens (tertiary/aromatic N) is 1. The molecular weight excluding hydrogens is 288 g/mol. The summed E-state index contributed by atoms with van der Waals surface area (Å²) in [5.41, 5.74) is 10.3.